The molecule has 43 heavy (non-hydrogen) atoms. The maximum Gasteiger partial charge on any atom is 0.276 e. The number of likely N-dealkylation sites (tertiary alicyclic amines) is 1. The van der Waals surface area contributed by atoms with Crippen molar-refractivity contribution >= 4 is 52.2 Å². The van der Waals surface area contributed by atoms with Gasteiger partial charge in [-0.25, -0.2) is 4.98 Å². The van der Waals surface area contributed by atoms with E-state index in [4.69, 9.17) is 16.1 Å². The third kappa shape index (κ3) is 6.77. The van der Waals surface area contributed by atoms with Crippen LogP contribution in [0.2, 0.25) is 5.02 Å². The summed E-state index contributed by atoms with van der Waals surface area (Å²) in [4.78, 5) is 41.0. The number of amides is 2. The minimum absolute atomic E-state index is 0.0425. The first-order chi connectivity index (χ1) is 20.8. The number of carbonyl (C=O) groups excluding carboxylic acids is 2. The highest BCUT2D eigenvalue weighted by atomic mass is 35.5. The molecule has 222 valence electrons. The van der Waals surface area contributed by atoms with Crippen LogP contribution in [-0.2, 0) is 17.6 Å². The number of anilines is 5. The summed E-state index contributed by atoms with van der Waals surface area (Å²) in [6, 6.07) is 9.55. The van der Waals surface area contributed by atoms with Gasteiger partial charge in [0.1, 0.15) is 10.8 Å². The van der Waals surface area contributed by atoms with Crippen molar-refractivity contribution in [3.63, 3.8) is 0 Å². The minimum Gasteiger partial charge on any atom is -0.360 e. The molecule has 0 aliphatic carbocycles. The van der Waals surface area contributed by atoms with Gasteiger partial charge in [-0.3, -0.25) is 14.6 Å². The van der Waals surface area contributed by atoms with Gasteiger partial charge in [0.05, 0.1) is 18.1 Å². The smallest absolute Gasteiger partial charge is 0.276 e. The summed E-state index contributed by atoms with van der Waals surface area (Å²) in [6.07, 6.45) is 8.41. The number of hydrogen-bond donors (Lipinski definition) is 3. The van der Waals surface area contributed by atoms with Gasteiger partial charge in [-0.05, 0) is 67.0 Å². The first-order valence-electron chi connectivity index (χ1n) is 14.5. The Labute approximate surface area is 254 Å². The van der Waals surface area contributed by atoms with Crippen molar-refractivity contribution in [1.29, 1.82) is 0 Å². The predicted molar refractivity (Wildman–Crippen MR) is 164 cm³/mol. The van der Waals surface area contributed by atoms with Crippen molar-refractivity contribution in [2.24, 2.45) is 5.92 Å². The Hall–Kier alpha value is -4.51. The van der Waals surface area contributed by atoms with Crippen LogP contribution in [0.25, 0.3) is 0 Å². The Balaban J connectivity index is 1.12. The number of aryl methyl sites for hydroxylation is 2. The quantitative estimate of drug-likeness (QED) is 0.248. The van der Waals surface area contributed by atoms with Crippen LogP contribution in [-0.4, -0.2) is 49.9 Å². The fourth-order valence-electron chi connectivity index (χ4n) is 5.38. The van der Waals surface area contributed by atoms with Gasteiger partial charge in [0.15, 0.2) is 11.5 Å². The van der Waals surface area contributed by atoms with Gasteiger partial charge in [-0.1, -0.05) is 30.6 Å². The van der Waals surface area contributed by atoms with Gasteiger partial charge in [0, 0.05) is 49.1 Å². The van der Waals surface area contributed by atoms with Crippen molar-refractivity contribution < 1.29 is 14.1 Å². The molecule has 12 heteroatoms. The summed E-state index contributed by atoms with van der Waals surface area (Å²) in [5, 5.41) is 14.0. The standard InChI is InChI=1S/C31H33ClN8O3/c1-18(2)27-14-26(39-43-27)30(42)40-9-7-19(8-10-40)12-28(41)37-25-6-5-22-13-21(25)4-3-20-11-23(16-33-15-20)36-31-34-17-24(32)29(35-22)38-31/h5-6,11,13-19H,3-4,7-10,12H2,1-2H3,(H,37,41)(H2,34,35,36,38). The summed E-state index contributed by atoms with van der Waals surface area (Å²) >= 11 is 6.38. The van der Waals surface area contributed by atoms with Crippen LogP contribution in [0.15, 0.2) is 53.4 Å². The van der Waals surface area contributed by atoms with E-state index in [0.29, 0.717) is 54.2 Å². The topological polar surface area (TPSA) is 138 Å². The van der Waals surface area contributed by atoms with Crippen molar-refractivity contribution in [3.05, 3.63) is 76.5 Å². The normalized spacial score (nSPS) is 15.0. The number of piperidine rings is 1. The maximum absolute atomic E-state index is 13.2. The van der Waals surface area contributed by atoms with E-state index in [1.807, 2.05) is 44.3 Å². The molecule has 1 saturated heterocycles. The molecule has 1 fully saturated rings. The number of nitrogens with zero attached hydrogens (tertiary/aromatic N) is 5. The van der Waals surface area contributed by atoms with Gasteiger partial charge in [0.2, 0.25) is 11.9 Å². The Bertz CT molecular complexity index is 1650. The molecule has 0 atom stereocenters. The molecule has 0 spiro atoms. The predicted octanol–water partition coefficient (Wildman–Crippen LogP) is 6.10. The van der Waals surface area contributed by atoms with E-state index in [0.717, 1.165) is 47.5 Å². The molecule has 6 rings (SSSR count). The number of hydrogen-bond acceptors (Lipinski definition) is 9. The molecule has 4 aromatic rings. The summed E-state index contributed by atoms with van der Waals surface area (Å²) in [5.74, 6) is 1.77. The van der Waals surface area contributed by atoms with Crippen molar-refractivity contribution in [3.8, 4) is 0 Å². The van der Waals surface area contributed by atoms with Crippen molar-refractivity contribution in [2.75, 3.05) is 29.0 Å². The molecular weight excluding hydrogens is 568 g/mol. The monoisotopic (exact) mass is 600 g/mol. The number of carbonyl (C=O) groups is 2. The van der Waals surface area contributed by atoms with Crippen LogP contribution in [0, 0.1) is 5.92 Å². The molecule has 11 nitrogen and oxygen atoms in total. The zero-order chi connectivity index (χ0) is 29.9. The Morgan fingerprint density at radius 2 is 1.91 bits per heavy atom. The second-order valence-electron chi connectivity index (χ2n) is 11.4. The highest BCUT2D eigenvalue weighted by Gasteiger charge is 2.27. The number of pyridine rings is 1. The first kappa shape index (κ1) is 28.6. The van der Waals surface area contributed by atoms with Gasteiger partial charge in [0.25, 0.3) is 5.91 Å². The minimum atomic E-state index is -0.122. The van der Waals surface area contributed by atoms with Crippen molar-refractivity contribution in [1.82, 2.24) is 25.0 Å². The third-order valence-corrected chi connectivity index (χ3v) is 8.09. The average molecular weight is 601 g/mol. The maximum atomic E-state index is 13.2. The van der Waals surface area contributed by atoms with Gasteiger partial charge in [-0.2, -0.15) is 4.98 Å². The largest absolute Gasteiger partial charge is 0.360 e. The van der Waals surface area contributed by atoms with E-state index < -0.39 is 0 Å². The van der Waals surface area contributed by atoms with Gasteiger partial charge >= 0.3 is 0 Å². The van der Waals surface area contributed by atoms with Gasteiger partial charge < -0.3 is 25.4 Å². The summed E-state index contributed by atoms with van der Waals surface area (Å²) < 4.78 is 5.30. The summed E-state index contributed by atoms with van der Waals surface area (Å²) in [5.41, 5.74) is 4.71. The number of benzene rings is 1. The number of nitrogens with one attached hydrogen (secondary N) is 3. The molecule has 2 aliphatic heterocycles. The first-order valence-corrected chi connectivity index (χ1v) is 14.9. The van der Waals surface area contributed by atoms with Crippen LogP contribution in [0.1, 0.15) is 66.4 Å². The van der Waals surface area contributed by atoms with Crippen LogP contribution in [0.4, 0.5) is 28.8 Å². The Kier molecular flexibility index (Phi) is 8.24. The van der Waals surface area contributed by atoms with E-state index in [-0.39, 0.29) is 23.7 Å². The molecule has 0 saturated carbocycles. The summed E-state index contributed by atoms with van der Waals surface area (Å²) in [6.45, 7) is 5.16. The van der Waals surface area contributed by atoms with Crippen LogP contribution in [0.3, 0.4) is 0 Å². The highest BCUT2D eigenvalue weighted by Crippen LogP contribution is 2.30. The molecule has 3 N–H and O–H groups in total. The lowest BCUT2D eigenvalue weighted by molar-refractivity contribution is -0.117. The zero-order valence-electron chi connectivity index (χ0n) is 24.1. The number of fused-ring (bicyclic) bond motifs is 6. The van der Waals surface area contributed by atoms with E-state index >= 15 is 0 Å². The third-order valence-electron chi connectivity index (χ3n) is 7.81. The second kappa shape index (κ2) is 12.4. The average Bonchev–Trinajstić information content (AvgIpc) is 3.50. The fourth-order valence-corrected chi connectivity index (χ4v) is 5.52. The lowest BCUT2D eigenvalue weighted by atomic mass is 9.93. The molecule has 1 aromatic carbocycles. The number of rotatable bonds is 5. The number of aromatic nitrogens is 4. The molecular formula is C31H33ClN8O3. The lowest BCUT2D eigenvalue weighted by Gasteiger charge is -2.31. The SMILES string of the molecule is CC(C)c1cc(C(=O)N2CCC(CC(=O)Nc3ccc4cc3CCc3cncc(c3)Nc3ncc(Cl)c(n3)N4)CC2)no1. The van der Waals surface area contributed by atoms with E-state index in [1.54, 1.807) is 23.4 Å². The van der Waals surface area contributed by atoms with Crippen LogP contribution < -0.4 is 16.0 Å². The molecule has 5 heterocycles. The molecule has 2 amide bonds. The zero-order valence-corrected chi connectivity index (χ0v) is 24.8. The molecule has 3 aromatic heterocycles. The second-order valence-corrected chi connectivity index (χ2v) is 11.8. The van der Waals surface area contributed by atoms with Gasteiger partial charge in [-0.15, -0.1) is 0 Å². The lowest BCUT2D eigenvalue weighted by Crippen LogP contribution is -2.39. The highest BCUT2D eigenvalue weighted by molar-refractivity contribution is 6.32. The van der Waals surface area contributed by atoms with E-state index in [9.17, 15) is 9.59 Å². The molecule has 0 radical (unpaired) electrons. The van der Waals surface area contributed by atoms with Crippen LogP contribution in [0.5, 0.6) is 0 Å². The fraction of sp³-hybridized carbons (Fsp3) is 0.355. The Morgan fingerprint density at radius 3 is 2.70 bits per heavy atom. The van der Waals surface area contributed by atoms with E-state index in [2.05, 4.69) is 36.1 Å². The molecule has 6 bridgehead atoms. The molecule has 0 unspecified atom stereocenters. The van der Waals surface area contributed by atoms with E-state index in [1.165, 1.54) is 0 Å². The summed E-state index contributed by atoms with van der Waals surface area (Å²) in [7, 11) is 0. The number of halogens is 1. The Morgan fingerprint density at radius 1 is 1.07 bits per heavy atom. The van der Waals surface area contributed by atoms with Crippen molar-refractivity contribution in [2.45, 2.75) is 51.9 Å². The molecule has 2 aliphatic rings. The van der Waals surface area contributed by atoms with Crippen LogP contribution >= 0.6 is 11.6 Å².